The molecule has 0 aliphatic heterocycles. The van der Waals surface area contributed by atoms with E-state index in [9.17, 15) is 4.79 Å². The van der Waals surface area contributed by atoms with E-state index in [1.165, 1.54) is 5.56 Å². The Morgan fingerprint density at radius 3 is 2.54 bits per heavy atom. The molecule has 0 saturated carbocycles. The smallest absolute Gasteiger partial charge is 0.342 e. The van der Waals surface area contributed by atoms with Crippen LogP contribution in [0.1, 0.15) is 72.2 Å². The van der Waals surface area contributed by atoms with E-state index in [0.29, 0.717) is 45.1 Å². The molecular weight excluding hydrogens is 514 g/mol. The molecule has 0 fully saturated rings. The Hall–Kier alpha value is -3.91. The molecule has 1 unspecified atom stereocenters. The van der Waals surface area contributed by atoms with Crippen LogP contribution in [-0.4, -0.2) is 32.2 Å². The standard InChI is InChI=1S/C30H32ClN5O3/c1-7-38-29(37)24-19(6)39-28-25(24)27-35-34-26(18(5)21-11-9-20(10-12-21)14-16(2)3)36(27)30(33-28)32-23-15-22(31)13-8-17(23)4/h8-13,15-16,18H,7,14H2,1-6H3,(H,32,33). The molecule has 3 aromatic heterocycles. The first-order valence-electron chi connectivity index (χ1n) is 13.1. The summed E-state index contributed by atoms with van der Waals surface area (Å²) in [6.45, 7) is 12.2. The minimum absolute atomic E-state index is 0.118. The summed E-state index contributed by atoms with van der Waals surface area (Å²) in [5.41, 5.74) is 5.20. The van der Waals surface area contributed by atoms with E-state index < -0.39 is 5.97 Å². The first-order chi connectivity index (χ1) is 18.7. The van der Waals surface area contributed by atoms with Gasteiger partial charge in [-0.1, -0.05) is 62.7 Å². The van der Waals surface area contributed by atoms with Crippen LogP contribution in [-0.2, 0) is 11.2 Å². The van der Waals surface area contributed by atoms with Crippen molar-refractivity contribution < 1.29 is 13.9 Å². The van der Waals surface area contributed by atoms with Gasteiger partial charge in [0.05, 0.1) is 6.61 Å². The summed E-state index contributed by atoms with van der Waals surface area (Å²) < 4.78 is 13.1. The summed E-state index contributed by atoms with van der Waals surface area (Å²) in [5, 5.41) is 13.6. The zero-order valence-electron chi connectivity index (χ0n) is 23.0. The molecule has 5 aromatic rings. The Bertz CT molecular complexity index is 1670. The summed E-state index contributed by atoms with van der Waals surface area (Å²) >= 11 is 6.31. The van der Waals surface area contributed by atoms with Crippen molar-refractivity contribution in [1.29, 1.82) is 0 Å². The quantitative estimate of drug-likeness (QED) is 0.203. The van der Waals surface area contributed by atoms with Gasteiger partial charge in [0, 0.05) is 16.6 Å². The van der Waals surface area contributed by atoms with Crippen LogP contribution in [0.4, 0.5) is 11.6 Å². The van der Waals surface area contributed by atoms with Gasteiger partial charge in [-0.3, -0.25) is 0 Å². The molecule has 1 N–H and O–H groups in total. The van der Waals surface area contributed by atoms with Crippen LogP contribution >= 0.6 is 11.6 Å². The molecule has 0 spiro atoms. The third-order valence-corrected chi connectivity index (χ3v) is 7.07. The van der Waals surface area contributed by atoms with Crippen LogP contribution in [0.2, 0.25) is 5.02 Å². The number of nitrogens with one attached hydrogen (secondary N) is 1. The van der Waals surface area contributed by atoms with Gasteiger partial charge in [0.2, 0.25) is 11.7 Å². The maximum absolute atomic E-state index is 12.9. The number of aryl methyl sites for hydroxylation is 2. The van der Waals surface area contributed by atoms with Crippen LogP contribution in [0, 0.1) is 19.8 Å². The van der Waals surface area contributed by atoms with Crippen molar-refractivity contribution in [2.45, 2.75) is 53.9 Å². The number of hydrogen-bond donors (Lipinski definition) is 1. The van der Waals surface area contributed by atoms with Crippen molar-refractivity contribution in [3.05, 3.63) is 81.3 Å². The van der Waals surface area contributed by atoms with Gasteiger partial charge in [-0.15, -0.1) is 10.2 Å². The van der Waals surface area contributed by atoms with E-state index in [2.05, 4.69) is 60.6 Å². The largest absolute Gasteiger partial charge is 0.462 e. The predicted molar refractivity (Wildman–Crippen MR) is 153 cm³/mol. The number of halogens is 1. The predicted octanol–water partition coefficient (Wildman–Crippen LogP) is 7.41. The third-order valence-electron chi connectivity index (χ3n) is 6.83. The summed E-state index contributed by atoms with van der Waals surface area (Å²) in [5.74, 6) is 1.52. The molecule has 5 rings (SSSR count). The lowest BCUT2D eigenvalue weighted by atomic mass is 9.96. The van der Waals surface area contributed by atoms with E-state index in [4.69, 9.17) is 25.7 Å². The van der Waals surface area contributed by atoms with Gasteiger partial charge >= 0.3 is 5.97 Å². The number of nitrogens with zero attached hydrogens (tertiary/aromatic N) is 4. The Morgan fingerprint density at radius 2 is 1.85 bits per heavy atom. The molecule has 2 aromatic carbocycles. The minimum atomic E-state index is -0.484. The average molecular weight is 546 g/mol. The highest BCUT2D eigenvalue weighted by Crippen LogP contribution is 2.34. The normalized spacial score (nSPS) is 12.4. The molecule has 202 valence electrons. The molecule has 0 aliphatic carbocycles. The summed E-state index contributed by atoms with van der Waals surface area (Å²) in [4.78, 5) is 17.7. The Morgan fingerprint density at radius 1 is 1.10 bits per heavy atom. The van der Waals surface area contributed by atoms with Crippen molar-refractivity contribution >= 4 is 46.0 Å². The Balaban J connectivity index is 1.71. The lowest BCUT2D eigenvalue weighted by molar-refractivity contribution is 0.0526. The van der Waals surface area contributed by atoms with Gasteiger partial charge in [-0.2, -0.15) is 4.98 Å². The number of anilines is 2. The SMILES string of the molecule is CCOC(=O)c1c(C)oc2nc(Nc3cc(Cl)ccc3C)n3c(C(C)c4ccc(CC(C)C)cc4)nnc3c12. The highest BCUT2D eigenvalue weighted by molar-refractivity contribution is 6.30. The van der Waals surface area contributed by atoms with Gasteiger partial charge < -0.3 is 14.5 Å². The zero-order valence-corrected chi connectivity index (χ0v) is 23.8. The average Bonchev–Trinajstić information content (AvgIpc) is 3.47. The molecule has 8 nitrogen and oxygen atoms in total. The van der Waals surface area contributed by atoms with Crippen LogP contribution in [0.5, 0.6) is 0 Å². The number of furan rings is 1. The van der Waals surface area contributed by atoms with Crippen molar-refractivity contribution in [3.63, 3.8) is 0 Å². The van der Waals surface area contributed by atoms with E-state index in [1.807, 2.05) is 29.5 Å². The van der Waals surface area contributed by atoms with Gasteiger partial charge in [-0.05, 0) is 61.9 Å². The van der Waals surface area contributed by atoms with Crippen molar-refractivity contribution in [2.75, 3.05) is 11.9 Å². The molecule has 3 heterocycles. The van der Waals surface area contributed by atoms with Gasteiger partial charge in [0.1, 0.15) is 22.5 Å². The first kappa shape index (κ1) is 26.7. The molecule has 0 aliphatic rings. The summed E-state index contributed by atoms with van der Waals surface area (Å²) in [7, 11) is 0. The van der Waals surface area contributed by atoms with Crippen molar-refractivity contribution in [2.24, 2.45) is 5.92 Å². The van der Waals surface area contributed by atoms with Crippen LogP contribution < -0.4 is 5.32 Å². The Kier molecular flexibility index (Phi) is 7.32. The number of hydrogen-bond acceptors (Lipinski definition) is 7. The molecule has 9 heteroatoms. The topological polar surface area (TPSA) is 94.5 Å². The van der Waals surface area contributed by atoms with E-state index in [-0.39, 0.29) is 18.2 Å². The van der Waals surface area contributed by atoms with Gasteiger partial charge in [0.25, 0.3) is 0 Å². The second kappa shape index (κ2) is 10.7. The maximum atomic E-state index is 12.9. The molecule has 0 radical (unpaired) electrons. The zero-order chi connectivity index (χ0) is 27.8. The number of carbonyl (C=O) groups excluding carboxylic acids is 1. The molecular formula is C30H32ClN5O3. The molecule has 1 atom stereocenters. The van der Waals surface area contributed by atoms with Gasteiger partial charge in [-0.25, -0.2) is 9.20 Å². The van der Waals surface area contributed by atoms with Crippen LogP contribution in [0.15, 0.2) is 46.9 Å². The Labute approximate surface area is 232 Å². The number of esters is 1. The lowest BCUT2D eigenvalue weighted by Crippen LogP contribution is -2.10. The van der Waals surface area contributed by atoms with E-state index in [1.54, 1.807) is 13.8 Å². The lowest BCUT2D eigenvalue weighted by Gasteiger charge is -2.15. The fourth-order valence-corrected chi connectivity index (χ4v) is 5.03. The summed E-state index contributed by atoms with van der Waals surface area (Å²) in [6, 6.07) is 14.2. The van der Waals surface area contributed by atoms with Crippen LogP contribution in [0.3, 0.4) is 0 Å². The number of carbonyl (C=O) groups is 1. The van der Waals surface area contributed by atoms with Crippen molar-refractivity contribution in [3.8, 4) is 0 Å². The fraction of sp³-hybridized carbons (Fsp3) is 0.333. The number of aromatic nitrogens is 4. The van der Waals surface area contributed by atoms with E-state index >= 15 is 0 Å². The second-order valence-electron chi connectivity index (χ2n) is 10.2. The molecule has 0 saturated heterocycles. The monoisotopic (exact) mass is 545 g/mol. The van der Waals surface area contributed by atoms with Crippen LogP contribution in [0.25, 0.3) is 16.7 Å². The van der Waals surface area contributed by atoms with Crippen molar-refractivity contribution in [1.82, 2.24) is 19.6 Å². The third kappa shape index (κ3) is 5.08. The van der Waals surface area contributed by atoms with Gasteiger partial charge in [0.15, 0.2) is 5.65 Å². The number of fused-ring (bicyclic) bond motifs is 3. The summed E-state index contributed by atoms with van der Waals surface area (Å²) in [6.07, 6.45) is 1.02. The fourth-order valence-electron chi connectivity index (χ4n) is 4.85. The second-order valence-corrected chi connectivity index (χ2v) is 10.7. The molecule has 0 bridgehead atoms. The number of benzene rings is 2. The molecule has 0 amide bonds. The highest BCUT2D eigenvalue weighted by atomic mass is 35.5. The molecule has 39 heavy (non-hydrogen) atoms. The minimum Gasteiger partial charge on any atom is -0.462 e. The highest BCUT2D eigenvalue weighted by Gasteiger charge is 2.28. The number of rotatable bonds is 8. The first-order valence-corrected chi connectivity index (χ1v) is 13.5. The maximum Gasteiger partial charge on any atom is 0.342 e. The van der Waals surface area contributed by atoms with E-state index in [0.717, 1.165) is 23.2 Å². The number of ether oxygens (including phenoxy) is 1.